The Labute approximate surface area is 139 Å². The van der Waals surface area contributed by atoms with Gasteiger partial charge in [-0.2, -0.15) is 0 Å². The number of amides is 2. The average Bonchev–Trinajstić information content (AvgIpc) is 2.87. The van der Waals surface area contributed by atoms with E-state index >= 15 is 0 Å². The van der Waals surface area contributed by atoms with E-state index in [1.54, 1.807) is 21.1 Å². The minimum absolute atomic E-state index is 0.145. The minimum Gasteiger partial charge on any atom is -0.329 e. The van der Waals surface area contributed by atoms with Crippen LogP contribution in [0.3, 0.4) is 0 Å². The van der Waals surface area contributed by atoms with Crippen LogP contribution in [0.15, 0.2) is 6.20 Å². The first kappa shape index (κ1) is 18.1. The van der Waals surface area contributed by atoms with Crippen molar-refractivity contribution in [2.45, 2.75) is 39.2 Å². The van der Waals surface area contributed by atoms with Crippen LogP contribution in [0.1, 0.15) is 36.2 Å². The highest BCUT2D eigenvalue weighted by molar-refractivity contribution is 7.11. The summed E-state index contributed by atoms with van der Waals surface area (Å²) in [4.78, 5) is 21.3. The van der Waals surface area contributed by atoms with E-state index in [1.165, 1.54) is 4.88 Å². The number of hydrogen-bond donors (Lipinski definition) is 1. The number of thiazole rings is 1. The molecular formula is C15H24F2N4OS. The lowest BCUT2D eigenvalue weighted by atomic mass is 10.3. The average molecular weight is 346 g/mol. The molecule has 2 heterocycles. The van der Waals surface area contributed by atoms with Crippen LogP contribution in [0.2, 0.25) is 0 Å². The fourth-order valence-electron chi connectivity index (χ4n) is 2.58. The van der Waals surface area contributed by atoms with Crippen molar-refractivity contribution in [1.82, 2.24) is 20.1 Å². The predicted octanol–water partition coefficient (Wildman–Crippen LogP) is 2.75. The van der Waals surface area contributed by atoms with Crippen molar-refractivity contribution in [3.05, 3.63) is 16.1 Å². The van der Waals surface area contributed by atoms with Crippen LogP contribution < -0.4 is 5.32 Å². The standard InChI is InChI=1S/C15H24F2N4OS/c1-3-12-9-18-14(23-12)11(2)19-15(22)21-6-4-5-20(7-8-21)10-13(16)17/h9,11,13H,3-8,10H2,1-2H3,(H,19,22)/t11-/m0/s1. The topological polar surface area (TPSA) is 48.5 Å². The molecule has 1 atom stereocenters. The third-order valence-electron chi connectivity index (χ3n) is 3.90. The van der Waals surface area contributed by atoms with Crippen molar-refractivity contribution >= 4 is 17.4 Å². The van der Waals surface area contributed by atoms with Gasteiger partial charge in [-0.05, 0) is 19.8 Å². The number of hydrogen-bond acceptors (Lipinski definition) is 4. The summed E-state index contributed by atoms with van der Waals surface area (Å²) >= 11 is 1.61. The monoisotopic (exact) mass is 346 g/mol. The van der Waals surface area contributed by atoms with Crippen molar-refractivity contribution in [2.24, 2.45) is 0 Å². The number of halogens is 2. The van der Waals surface area contributed by atoms with Gasteiger partial charge in [-0.25, -0.2) is 18.6 Å². The molecule has 0 bridgehead atoms. The van der Waals surface area contributed by atoms with Gasteiger partial charge in [0, 0.05) is 37.3 Å². The highest BCUT2D eigenvalue weighted by atomic mass is 32.1. The normalized spacial score (nSPS) is 18.0. The van der Waals surface area contributed by atoms with E-state index in [2.05, 4.69) is 17.2 Å². The quantitative estimate of drug-likeness (QED) is 0.892. The second-order valence-electron chi connectivity index (χ2n) is 5.72. The Morgan fingerprint density at radius 1 is 1.39 bits per heavy atom. The fourth-order valence-corrected chi connectivity index (χ4v) is 3.44. The molecule has 1 aliphatic rings. The van der Waals surface area contributed by atoms with Gasteiger partial charge in [0.2, 0.25) is 0 Å². The van der Waals surface area contributed by atoms with Crippen LogP contribution in [0, 0.1) is 0 Å². The summed E-state index contributed by atoms with van der Waals surface area (Å²) in [6.45, 7) is 5.93. The van der Waals surface area contributed by atoms with Crippen LogP contribution in [0.4, 0.5) is 13.6 Å². The predicted molar refractivity (Wildman–Crippen MR) is 87.1 cm³/mol. The maximum absolute atomic E-state index is 12.5. The molecule has 0 radical (unpaired) electrons. The molecule has 8 heteroatoms. The summed E-state index contributed by atoms with van der Waals surface area (Å²) in [6, 6.07) is -0.294. The maximum Gasteiger partial charge on any atom is 0.317 e. The molecule has 0 aliphatic carbocycles. The van der Waals surface area contributed by atoms with E-state index in [-0.39, 0.29) is 18.6 Å². The number of alkyl halides is 2. The van der Waals surface area contributed by atoms with Gasteiger partial charge in [-0.3, -0.25) is 4.90 Å². The molecule has 1 aromatic rings. The summed E-state index contributed by atoms with van der Waals surface area (Å²) in [5.41, 5.74) is 0. The van der Waals surface area contributed by atoms with E-state index in [1.807, 2.05) is 13.1 Å². The molecule has 0 saturated carbocycles. The van der Waals surface area contributed by atoms with E-state index in [9.17, 15) is 13.6 Å². The van der Waals surface area contributed by atoms with Crippen molar-refractivity contribution in [2.75, 3.05) is 32.7 Å². The summed E-state index contributed by atoms with van der Waals surface area (Å²) in [6.07, 6.45) is 1.17. The summed E-state index contributed by atoms with van der Waals surface area (Å²) in [5.74, 6) is 0. The van der Waals surface area contributed by atoms with Gasteiger partial charge in [-0.15, -0.1) is 11.3 Å². The second kappa shape index (κ2) is 8.54. The Balaban J connectivity index is 1.85. The van der Waals surface area contributed by atoms with Crippen molar-refractivity contribution in [3.63, 3.8) is 0 Å². The van der Waals surface area contributed by atoms with Gasteiger partial charge in [0.1, 0.15) is 5.01 Å². The van der Waals surface area contributed by atoms with Gasteiger partial charge in [0.05, 0.1) is 12.6 Å². The van der Waals surface area contributed by atoms with E-state index in [4.69, 9.17) is 0 Å². The number of rotatable bonds is 5. The molecule has 0 aromatic carbocycles. The first-order chi connectivity index (χ1) is 11.0. The van der Waals surface area contributed by atoms with Gasteiger partial charge in [0.15, 0.2) is 0 Å². The number of nitrogens with one attached hydrogen (secondary N) is 1. The van der Waals surface area contributed by atoms with Crippen LogP contribution in [0.5, 0.6) is 0 Å². The van der Waals surface area contributed by atoms with Crippen LogP contribution in [-0.4, -0.2) is 60.0 Å². The third-order valence-corrected chi connectivity index (χ3v) is 5.23. The van der Waals surface area contributed by atoms with Gasteiger partial charge in [0.25, 0.3) is 6.43 Å². The lowest BCUT2D eigenvalue weighted by molar-refractivity contribution is 0.0903. The largest absolute Gasteiger partial charge is 0.329 e. The fraction of sp³-hybridized carbons (Fsp3) is 0.733. The van der Waals surface area contributed by atoms with Crippen LogP contribution >= 0.6 is 11.3 Å². The zero-order chi connectivity index (χ0) is 16.8. The molecule has 0 spiro atoms. The number of urea groups is 1. The lowest BCUT2D eigenvalue weighted by Crippen LogP contribution is -2.43. The zero-order valence-electron chi connectivity index (χ0n) is 13.6. The van der Waals surface area contributed by atoms with Crippen LogP contribution in [0.25, 0.3) is 0 Å². The van der Waals surface area contributed by atoms with Gasteiger partial charge in [-0.1, -0.05) is 6.92 Å². The minimum atomic E-state index is -2.33. The molecule has 130 valence electrons. The maximum atomic E-state index is 12.5. The van der Waals surface area contributed by atoms with Crippen LogP contribution in [-0.2, 0) is 6.42 Å². The number of aryl methyl sites for hydroxylation is 1. The molecule has 2 amide bonds. The van der Waals surface area contributed by atoms with E-state index in [0.717, 1.165) is 11.4 Å². The number of nitrogens with zero attached hydrogens (tertiary/aromatic N) is 3. The highest BCUT2D eigenvalue weighted by Gasteiger charge is 2.22. The molecule has 1 aromatic heterocycles. The SMILES string of the molecule is CCc1cnc([C@H](C)NC(=O)N2CCCN(CC(F)F)CC2)s1. The molecule has 1 aliphatic heterocycles. The Bertz CT molecular complexity index is 511. The smallest absolute Gasteiger partial charge is 0.317 e. The number of carbonyl (C=O) groups is 1. The van der Waals surface area contributed by atoms with Crippen molar-refractivity contribution < 1.29 is 13.6 Å². The summed E-state index contributed by atoms with van der Waals surface area (Å²) in [5, 5.41) is 3.85. The highest BCUT2D eigenvalue weighted by Crippen LogP contribution is 2.20. The molecule has 1 N–H and O–H groups in total. The molecule has 23 heavy (non-hydrogen) atoms. The Kier molecular flexibility index (Phi) is 6.71. The second-order valence-corrected chi connectivity index (χ2v) is 6.87. The zero-order valence-corrected chi connectivity index (χ0v) is 14.4. The molecule has 5 nitrogen and oxygen atoms in total. The van der Waals surface area contributed by atoms with E-state index < -0.39 is 6.43 Å². The molecule has 1 saturated heterocycles. The summed E-state index contributed by atoms with van der Waals surface area (Å²) in [7, 11) is 0. The van der Waals surface area contributed by atoms with Crippen molar-refractivity contribution in [3.8, 4) is 0 Å². The van der Waals surface area contributed by atoms with Gasteiger partial charge < -0.3 is 10.2 Å². The lowest BCUT2D eigenvalue weighted by Gasteiger charge is -2.23. The first-order valence-corrected chi connectivity index (χ1v) is 8.81. The molecule has 2 rings (SSSR count). The number of aromatic nitrogens is 1. The van der Waals surface area contributed by atoms with Gasteiger partial charge >= 0.3 is 6.03 Å². The van der Waals surface area contributed by atoms with E-state index in [0.29, 0.717) is 32.6 Å². The third kappa shape index (κ3) is 5.39. The van der Waals surface area contributed by atoms with Crippen molar-refractivity contribution in [1.29, 1.82) is 0 Å². The first-order valence-electron chi connectivity index (χ1n) is 8.00. The Hall–Kier alpha value is -1.28. The number of carbonyl (C=O) groups excluding carboxylic acids is 1. The molecule has 0 unspecified atom stereocenters. The summed E-state index contributed by atoms with van der Waals surface area (Å²) < 4.78 is 24.9. The Morgan fingerprint density at radius 3 is 2.83 bits per heavy atom. The Morgan fingerprint density at radius 2 is 2.17 bits per heavy atom. The molecular weight excluding hydrogens is 322 g/mol. The molecule has 1 fully saturated rings.